The van der Waals surface area contributed by atoms with E-state index in [-0.39, 0.29) is 0 Å². The molecule has 13 rings (SSSR count). The van der Waals surface area contributed by atoms with E-state index in [2.05, 4.69) is 289 Å². The predicted octanol–water partition coefficient (Wildman–Crippen LogP) is 18.9. The number of hydrogen-bond donors (Lipinski definition) is 0. The van der Waals surface area contributed by atoms with Crippen LogP contribution in [0.1, 0.15) is 0 Å². The van der Waals surface area contributed by atoms with Crippen LogP contribution in [0.2, 0.25) is 0 Å². The van der Waals surface area contributed by atoms with E-state index >= 15 is 0 Å². The van der Waals surface area contributed by atoms with Gasteiger partial charge in [-0.3, -0.25) is 0 Å². The fourth-order valence-corrected chi connectivity index (χ4v) is 10.5. The summed E-state index contributed by atoms with van der Waals surface area (Å²) in [7, 11) is 0. The molecule has 0 radical (unpaired) electrons. The van der Waals surface area contributed by atoms with Gasteiger partial charge in [0.05, 0.1) is 22.4 Å². The number of rotatable bonds is 9. The van der Waals surface area contributed by atoms with Gasteiger partial charge < -0.3 is 9.47 Å². The lowest BCUT2D eigenvalue weighted by Crippen LogP contribution is -2.11. The van der Waals surface area contributed by atoms with Crippen molar-refractivity contribution in [2.45, 2.75) is 0 Å². The van der Waals surface area contributed by atoms with Crippen LogP contribution in [0.25, 0.3) is 105 Å². The molecule has 0 aliphatic rings. The first-order valence-electron chi connectivity index (χ1n) is 24.1. The molecule has 0 spiro atoms. The average Bonchev–Trinajstić information content (AvgIpc) is 3.77. The van der Waals surface area contributed by atoms with Crippen LogP contribution in [0.4, 0.5) is 17.1 Å². The maximum atomic E-state index is 2.46. The number of nitrogens with zero attached hydrogens (tertiary/aromatic N) is 2. The summed E-state index contributed by atoms with van der Waals surface area (Å²) in [6.45, 7) is 0. The number of fused-ring (bicyclic) bond motifs is 5. The highest BCUT2D eigenvalue weighted by atomic mass is 15.1. The van der Waals surface area contributed by atoms with Gasteiger partial charge in [-0.1, -0.05) is 218 Å². The van der Waals surface area contributed by atoms with Crippen molar-refractivity contribution in [3.63, 3.8) is 0 Å². The molecule has 1 heterocycles. The third-order valence-corrected chi connectivity index (χ3v) is 14.0. The number of aromatic nitrogens is 1. The van der Waals surface area contributed by atoms with E-state index < -0.39 is 0 Å². The van der Waals surface area contributed by atoms with Crippen molar-refractivity contribution in [3.8, 4) is 61.3 Å². The maximum Gasteiger partial charge on any atom is 0.0541 e. The van der Waals surface area contributed by atoms with Crippen molar-refractivity contribution in [1.29, 1.82) is 0 Å². The van der Waals surface area contributed by atoms with Crippen LogP contribution < -0.4 is 4.90 Å². The lowest BCUT2D eigenvalue weighted by atomic mass is 9.95. The van der Waals surface area contributed by atoms with Gasteiger partial charge in [0, 0.05) is 32.9 Å². The SMILES string of the molecule is c1ccc(-c2ccc(-c3cc(-c4ccc(-c5ccccc5)cc4)cc(-n4c5ccccc5c5cc(-c6cccc(N(c7cccc8ccccc78)c7cccc8ccccc78)c6)ccc54)c3)cc2)cc1. The Morgan fingerprint density at radius 3 is 1.20 bits per heavy atom. The van der Waals surface area contributed by atoms with E-state index in [4.69, 9.17) is 0 Å². The van der Waals surface area contributed by atoms with Crippen molar-refractivity contribution in [1.82, 2.24) is 4.57 Å². The minimum Gasteiger partial charge on any atom is -0.309 e. The molecule has 0 aliphatic carbocycles. The summed E-state index contributed by atoms with van der Waals surface area (Å²) in [5, 5.41) is 7.27. The van der Waals surface area contributed by atoms with Gasteiger partial charge >= 0.3 is 0 Å². The summed E-state index contributed by atoms with van der Waals surface area (Å²) in [5.74, 6) is 0. The molecule has 0 N–H and O–H groups in total. The Labute approximate surface area is 408 Å². The van der Waals surface area contributed by atoms with Crippen LogP contribution in [-0.4, -0.2) is 4.57 Å². The Hall–Kier alpha value is -9.24. The topological polar surface area (TPSA) is 8.17 Å². The molecule has 0 aliphatic heterocycles. The Bertz CT molecular complexity index is 3850. The molecule has 0 amide bonds. The van der Waals surface area contributed by atoms with Gasteiger partial charge in [-0.05, 0) is 127 Å². The van der Waals surface area contributed by atoms with Crippen molar-refractivity contribution >= 4 is 60.4 Å². The van der Waals surface area contributed by atoms with Gasteiger partial charge in [0.15, 0.2) is 0 Å². The third kappa shape index (κ3) is 7.40. The largest absolute Gasteiger partial charge is 0.309 e. The second kappa shape index (κ2) is 17.4. The summed E-state index contributed by atoms with van der Waals surface area (Å²) >= 11 is 0. The molecular formula is C68H46N2. The molecule has 0 fully saturated rings. The fourth-order valence-electron chi connectivity index (χ4n) is 10.5. The Balaban J connectivity index is 0.953. The van der Waals surface area contributed by atoms with Gasteiger partial charge in [0.2, 0.25) is 0 Å². The molecule has 0 atom stereocenters. The minimum atomic E-state index is 1.10. The smallest absolute Gasteiger partial charge is 0.0541 e. The predicted molar refractivity (Wildman–Crippen MR) is 298 cm³/mol. The number of benzene rings is 12. The van der Waals surface area contributed by atoms with Gasteiger partial charge in [-0.25, -0.2) is 0 Å². The van der Waals surface area contributed by atoms with Crippen LogP contribution in [0, 0.1) is 0 Å². The molecule has 0 unspecified atom stereocenters. The zero-order chi connectivity index (χ0) is 46.4. The molecule has 0 saturated heterocycles. The maximum absolute atomic E-state index is 2.46. The molecule has 0 saturated carbocycles. The molecule has 328 valence electrons. The van der Waals surface area contributed by atoms with Crippen molar-refractivity contribution < 1.29 is 0 Å². The quantitative estimate of drug-likeness (QED) is 0.140. The highest BCUT2D eigenvalue weighted by Crippen LogP contribution is 2.44. The van der Waals surface area contributed by atoms with Crippen LogP contribution >= 0.6 is 0 Å². The van der Waals surface area contributed by atoms with Gasteiger partial charge in [-0.15, -0.1) is 0 Å². The minimum absolute atomic E-state index is 1.10. The van der Waals surface area contributed by atoms with E-state index in [9.17, 15) is 0 Å². The summed E-state index contributed by atoms with van der Waals surface area (Å²) in [4.78, 5) is 2.44. The molecule has 12 aromatic carbocycles. The lowest BCUT2D eigenvalue weighted by Gasteiger charge is -2.28. The highest BCUT2D eigenvalue weighted by molar-refractivity contribution is 6.11. The zero-order valence-corrected chi connectivity index (χ0v) is 38.5. The van der Waals surface area contributed by atoms with E-state index in [0.29, 0.717) is 0 Å². The van der Waals surface area contributed by atoms with E-state index in [1.807, 2.05) is 0 Å². The fraction of sp³-hybridized carbons (Fsp3) is 0. The molecular weight excluding hydrogens is 845 g/mol. The summed E-state index contributed by atoms with van der Waals surface area (Å²) < 4.78 is 2.46. The Morgan fingerprint density at radius 1 is 0.229 bits per heavy atom. The highest BCUT2D eigenvalue weighted by Gasteiger charge is 2.20. The summed E-state index contributed by atoms with van der Waals surface area (Å²) in [6, 6.07) is 102. The van der Waals surface area contributed by atoms with Crippen molar-refractivity contribution in [2.75, 3.05) is 4.90 Å². The molecule has 70 heavy (non-hydrogen) atoms. The molecule has 0 bridgehead atoms. The summed E-state index contributed by atoms with van der Waals surface area (Å²) in [6.07, 6.45) is 0. The average molecular weight is 891 g/mol. The first-order chi connectivity index (χ1) is 34.7. The van der Waals surface area contributed by atoms with E-state index in [0.717, 1.165) is 33.8 Å². The van der Waals surface area contributed by atoms with Crippen molar-refractivity contribution in [3.05, 3.63) is 279 Å². The monoisotopic (exact) mass is 890 g/mol. The molecule has 13 aromatic rings. The van der Waals surface area contributed by atoms with E-state index in [1.54, 1.807) is 0 Å². The van der Waals surface area contributed by atoms with Gasteiger partial charge in [0.1, 0.15) is 0 Å². The standard InChI is InChI=1S/C68H46N2/c1-3-16-47(17-4-1)49-32-36-51(37-33-49)57-42-58(52-38-34-50(35-39-52)48-18-5-2-6-19-48)45-60(44-57)70-67-29-12-11-28-63(67)64-46-56(40-41-68(64)70)55-24-13-25-59(43-55)69(65-30-14-22-53-20-7-9-26-61(53)65)66-31-15-23-54-21-8-10-27-62(54)66/h1-46H. The van der Waals surface area contributed by atoms with Gasteiger partial charge in [0.25, 0.3) is 0 Å². The third-order valence-electron chi connectivity index (χ3n) is 14.0. The zero-order valence-electron chi connectivity index (χ0n) is 38.5. The number of para-hydroxylation sites is 1. The Morgan fingerprint density at radius 2 is 0.629 bits per heavy atom. The molecule has 2 nitrogen and oxygen atoms in total. The normalized spacial score (nSPS) is 11.4. The van der Waals surface area contributed by atoms with Crippen LogP contribution in [0.3, 0.4) is 0 Å². The number of anilines is 3. The molecule has 2 heteroatoms. The summed E-state index contributed by atoms with van der Waals surface area (Å²) in [5.41, 5.74) is 18.7. The van der Waals surface area contributed by atoms with E-state index in [1.165, 1.54) is 87.9 Å². The molecule has 1 aromatic heterocycles. The van der Waals surface area contributed by atoms with Crippen molar-refractivity contribution in [2.24, 2.45) is 0 Å². The first-order valence-corrected chi connectivity index (χ1v) is 24.1. The number of hydrogen-bond acceptors (Lipinski definition) is 1. The Kier molecular flexibility index (Phi) is 10.2. The van der Waals surface area contributed by atoms with Crippen LogP contribution in [0.15, 0.2) is 279 Å². The van der Waals surface area contributed by atoms with Crippen LogP contribution in [-0.2, 0) is 0 Å². The van der Waals surface area contributed by atoms with Crippen LogP contribution in [0.5, 0.6) is 0 Å². The lowest BCUT2D eigenvalue weighted by molar-refractivity contribution is 1.18. The van der Waals surface area contributed by atoms with Gasteiger partial charge in [-0.2, -0.15) is 0 Å². The second-order valence-corrected chi connectivity index (χ2v) is 18.1. The first kappa shape index (κ1) is 41.0. The second-order valence-electron chi connectivity index (χ2n) is 18.1.